The Labute approximate surface area is 116 Å². The van der Waals surface area contributed by atoms with Crippen LogP contribution >= 0.6 is 11.3 Å². The number of pyridine rings is 1. The number of aromatic nitrogens is 1. The molecule has 4 heteroatoms. The number of nitrogens with zero attached hydrogens (tertiary/aromatic N) is 2. The van der Waals surface area contributed by atoms with Gasteiger partial charge in [0.1, 0.15) is 11.8 Å². The minimum Gasteiger partial charge on any atom is -0.306 e. The Kier molecular flexibility index (Phi) is 3.58. The molecule has 0 radical (unpaired) electrons. The first kappa shape index (κ1) is 12.3. The zero-order chi connectivity index (χ0) is 13.1. The van der Waals surface area contributed by atoms with Gasteiger partial charge in [-0.25, -0.2) is 4.98 Å². The van der Waals surface area contributed by atoms with E-state index in [1.165, 1.54) is 29.7 Å². The molecule has 0 bridgehead atoms. The molecule has 2 aromatic heterocycles. The second-order valence-electron chi connectivity index (χ2n) is 4.79. The minimum absolute atomic E-state index is 0.453. The lowest BCUT2D eigenvalue weighted by atomic mass is 9.94. The number of nitrogens with one attached hydrogen (secondary N) is 1. The maximum absolute atomic E-state index is 8.85. The van der Waals surface area contributed by atoms with Gasteiger partial charge in [0.2, 0.25) is 0 Å². The quantitative estimate of drug-likeness (QED) is 0.931. The number of rotatable bonds is 3. The predicted octanol–water partition coefficient (Wildman–Crippen LogP) is 3.18. The van der Waals surface area contributed by atoms with E-state index in [1.807, 2.05) is 23.5 Å². The summed E-state index contributed by atoms with van der Waals surface area (Å²) < 4.78 is 0. The van der Waals surface area contributed by atoms with E-state index in [0.29, 0.717) is 11.7 Å². The second kappa shape index (κ2) is 5.52. The fourth-order valence-corrected chi connectivity index (χ4v) is 3.57. The summed E-state index contributed by atoms with van der Waals surface area (Å²) in [5.74, 6) is 0. The van der Waals surface area contributed by atoms with Gasteiger partial charge in [-0.1, -0.05) is 0 Å². The average Bonchev–Trinajstić information content (AvgIpc) is 2.94. The highest BCUT2D eigenvalue weighted by molar-refractivity contribution is 7.10. The first-order valence-corrected chi connectivity index (χ1v) is 7.39. The molecule has 3 rings (SSSR count). The van der Waals surface area contributed by atoms with Gasteiger partial charge in [0, 0.05) is 23.7 Å². The van der Waals surface area contributed by atoms with Crippen molar-refractivity contribution in [2.75, 3.05) is 0 Å². The lowest BCUT2D eigenvalue weighted by molar-refractivity contribution is 0.463. The third-order valence-corrected chi connectivity index (χ3v) is 4.54. The fraction of sp³-hybridized carbons (Fsp3) is 0.333. The number of hydrogen-bond donors (Lipinski definition) is 1. The number of aryl methyl sites for hydroxylation is 1. The summed E-state index contributed by atoms with van der Waals surface area (Å²) in [6.45, 7) is 0.789. The van der Waals surface area contributed by atoms with Gasteiger partial charge in [0.05, 0.1) is 0 Å². The summed E-state index contributed by atoms with van der Waals surface area (Å²) in [5, 5.41) is 14.6. The Balaban J connectivity index is 1.69. The molecule has 1 N–H and O–H groups in total. The van der Waals surface area contributed by atoms with E-state index in [2.05, 4.69) is 27.8 Å². The molecule has 0 saturated carbocycles. The van der Waals surface area contributed by atoms with E-state index >= 15 is 0 Å². The molecule has 0 fully saturated rings. The van der Waals surface area contributed by atoms with Crippen LogP contribution in [0, 0.1) is 11.3 Å². The van der Waals surface area contributed by atoms with E-state index in [9.17, 15) is 0 Å². The van der Waals surface area contributed by atoms with E-state index < -0.39 is 0 Å². The minimum atomic E-state index is 0.453. The molecule has 2 heterocycles. The number of fused-ring (bicyclic) bond motifs is 1. The van der Waals surface area contributed by atoms with E-state index in [4.69, 9.17) is 5.26 Å². The van der Waals surface area contributed by atoms with Crippen molar-refractivity contribution in [2.45, 2.75) is 31.8 Å². The van der Waals surface area contributed by atoms with Gasteiger partial charge in [-0.2, -0.15) is 5.26 Å². The van der Waals surface area contributed by atoms with Crippen molar-refractivity contribution in [1.29, 1.82) is 5.26 Å². The molecule has 1 unspecified atom stereocenters. The van der Waals surface area contributed by atoms with E-state index in [-0.39, 0.29) is 0 Å². The summed E-state index contributed by atoms with van der Waals surface area (Å²) in [6, 6.07) is 8.59. The molecule has 1 atom stereocenters. The van der Waals surface area contributed by atoms with Crippen molar-refractivity contribution >= 4 is 11.3 Å². The smallest absolute Gasteiger partial charge is 0.140 e. The van der Waals surface area contributed by atoms with Crippen molar-refractivity contribution < 1.29 is 0 Å². The Morgan fingerprint density at radius 3 is 3.32 bits per heavy atom. The third-order valence-electron chi connectivity index (χ3n) is 3.54. The highest BCUT2D eigenvalue weighted by Gasteiger charge is 2.20. The van der Waals surface area contributed by atoms with Crippen LogP contribution in [0.2, 0.25) is 0 Å². The maximum atomic E-state index is 8.85. The standard InChI is InChI=1S/C15H15N3S/c16-9-12-8-11(4-6-17-12)10-18-14-2-1-3-15-13(14)5-7-19-15/h4-8,14,18H,1-3,10H2. The van der Waals surface area contributed by atoms with Gasteiger partial charge >= 0.3 is 0 Å². The highest BCUT2D eigenvalue weighted by Crippen LogP contribution is 2.33. The van der Waals surface area contributed by atoms with Gasteiger partial charge in [0.25, 0.3) is 0 Å². The molecule has 0 aromatic carbocycles. The first-order chi connectivity index (χ1) is 9.36. The van der Waals surface area contributed by atoms with Gasteiger partial charge in [-0.05, 0) is 54.0 Å². The Morgan fingerprint density at radius 1 is 1.47 bits per heavy atom. The Bertz CT molecular complexity index is 612. The molecule has 1 aliphatic carbocycles. The van der Waals surface area contributed by atoms with Gasteiger partial charge in [0.15, 0.2) is 0 Å². The number of hydrogen-bond acceptors (Lipinski definition) is 4. The monoisotopic (exact) mass is 269 g/mol. The van der Waals surface area contributed by atoms with Gasteiger partial charge in [-0.15, -0.1) is 11.3 Å². The summed E-state index contributed by atoms with van der Waals surface area (Å²) in [7, 11) is 0. The zero-order valence-electron chi connectivity index (χ0n) is 10.6. The predicted molar refractivity (Wildman–Crippen MR) is 75.8 cm³/mol. The molecular weight excluding hydrogens is 254 g/mol. The molecule has 19 heavy (non-hydrogen) atoms. The van der Waals surface area contributed by atoms with Crippen molar-refractivity contribution in [3.8, 4) is 6.07 Å². The summed E-state index contributed by atoms with van der Waals surface area (Å²) in [6.07, 6.45) is 5.37. The Hall–Kier alpha value is -1.70. The van der Waals surface area contributed by atoms with Crippen LogP contribution in [0.3, 0.4) is 0 Å². The van der Waals surface area contributed by atoms with Crippen LogP contribution in [-0.2, 0) is 13.0 Å². The van der Waals surface area contributed by atoms with Crippen LogP contribution in [0.15, 0.2) is 29.8 Å². The second-order valence-corrected chi connectivity index (χ2v) is 5.79. The van der Waals surface area contributed by atoms with Crippen molar-refractivity contribution in [3.05, 3.63) is 51.5 Å². The van der Waals surface area contributed by atoms with Crippen molar-refractivity contribution in [2.24, 2.45) is 0 Å². The molecule has 0 aliphatic heterocycles. The maximum Gasteiger partial charge on any atom is 0.140 e. The topological polar surface area (TPSA) is 48.7 Å². The molecular formula is C15H15N3S. The SMILES string of the molecule is N#Cc1cc(CNC2CCCc3sccc32)ccn1. The van der Waals surface area contributed by atoms with Crippen LogP contribution in [-0.4, -0.2) is 4.98 Å². The number of thiophene rings is 1. The van der Waals surface area contributed by atoms with Gasteiger partial charge < -0.3 is 5.32 Å². The first-order valence-electron chi connectivity index (χ1n) is 6.51. The molecule has 0 amide bonds. The zero-order valence-corrected chi connectivity index (χ0v) is 11.4. The van der Waals surface area contributed by atoms with Crippen LogP contribution in [0.1, 0.15) is 40.6 Å². The average molecular weight is 269 g/mol. The largest absolute Gasteiger partial charge is 0.306 e. The van der Waals surface area contributed by atoms with Crippen LogP contribution in [0.4, 0.5) is 0 Å². The lowest BCUT2D eigenvalue weighted by Crippen LogP contribution is -2.23. The lowest BCUT2D eigenvalue weighted by Gasteiger charge is -2.23. The summed E-state index contributed by atoms with van der Waals surface area (Å²) >= 11 is 1.86. The fourth-order valence-electron chi connectivity index (χ4n) is 2.58. The molecule has 0 saturated heterocycles. The summed E-state index contributed by atoms with van der Waals surface area (Å²) in [5.41, 5.74) is 3.07. The third kappa shape index (κ3) is 2.67. The molecule has 2 aromatic rings. The van der Waals surface area contributed by atoms with Gasteiger partial charge in [-0.3, -0.25) is 0 Å². The van der Waals surface area contributed by atoms with E-state index in [0.717, 1.165) is 12.1 Å². The van der Waals surface area contributed by atoms with Crippen molar-refractivity contribution in [3.63, 3.8) is 0 Å². The van der Waals surface area contributed by atoms with Crippen LogP contribution < -0.4 is 5.32 Å². The normalized spacial score (nSPS) is 17.7. The molecule has 3 nitrogen and oxygen atoms in total. The number of nitriles is 1. The van der Waals surface area contributed by atoms with Crippen molar-refractivity contribution in [1.82, 2.24) is 10.3 Å². The molecule has 0 spiro atoms. The van der Waals surface area contributed by atoms with E-state index in [1.54, 1.807) is 6.20 Å². The molecule has 96 valence electrons. The highest BCUT2D eigenvalue weighted by atomic mass is 32.1. The Morgan fingerprint density at radius 2 is 2.42 bits per heavy atom. The van der Waals surface area contributed by atoms with Crippen LogP contribution in [0.25, 0.3) is 0 Å². The summed E-state index contributed by atoms with van der Waals surface area (Å²) in [4.78, 5) is 5.52. The van der Waals surface area contributed by atoms with Crippen LogP contribution in [0.5, 0.6) is 0 Å². The molecule has 1 aliphatic rings.